The van der Waals surface area contributed by atoms with Gasteiger partial charge in [0.1, 0.15) is 0 Å². The Morgan fingerprint density at radius 2 is 1.68 bits per heavy atom. The van der Waals surface area contributed by atoms with Gasteiger partial charge < -0.3 is 16.4 Å². The molecule has 0 aromatic heterocycles. The van der Waals surface area contributed by atoms with Gasteiger partial charge in [-0.2, -0.15) is 0 Å². The second-order valence-electron chi connectivity index (χ2n) is 7.52. The monoisotopic (exact) mass is 335 g/mol. The number of nitrogens with one attached hydrogen (secondary N) is 2. The summed E-state index contributed by atoms with van der Waals surface area (Å²) in [5.41, 5.74) is 5.04. The summed E-state index contributed by atoms with van der Waals surface area (Å²) in [4.78, 5) is 23.6. The number of hydrogen-bond donors (Lipinski definition) is 3. The minimum absolute atomic E-state index is 0. The molecular formula is C16H34ClN3O2. The molecule has 0 saturated heterocycles. The van der Waals surface area contributed by atoms with Gasteiger partial charge in [-0.05, 0) is 25.7 Å². The Hall–Kier alpha value is -0.810. The van der Waals surface area contributed by atoms with E-state index >= 15 is 0 Å². The minimum Gasteiger partial charge on any atom is -0.356 e. The molecule has 5 nitrogen and oxygen atoms in total. The number of carbonyl (C=O) groups is 2. The van der Waals surface area contributed by atoms with E-state index in [1.165, 1.54) is 0 Å². The molecule has 132 valence electrons. The average molecular weight is 336 g/mol. The van der Waals surface area contributed by atoms with Crippen molar-refractivity contribution >= 4 is 24.2 Å². The van der Waals surface area contributed by atoms with E-state index in [2.05, 4.69) is 24.5 Å². The molecule has 4 N–H and O–H groups in total. The van der Waals surface area contributed by atoms with E-state index in [1.807, 2.05) is 27.7 Å². The summed E-state index contributed by atoms with van der Waals surface area (Å²) >= 11 is 0. The fraction of sp³-hybridized carbons (Fsp3) is 0.875. The lowest BCUT2D eigenvalue weighted by Gasteiger charge is -2.31. The summed E-state index contributed by atoms with van der Waals surface area (Å²) in [7, 11) is 0. The van der Waals surface area contributed by atoms with Gasteiger partial charge in [-0.1, -0.05) is 34.6 Å². The highest BCUT2D eigenvalue weighted by Crippen LogP contribution is 2.15. The third-order valence-electron chi connectivity index (χ3n) is 3.30. The van der Waals surface area contributed by atoms with Crippen molar-refractivity contribution in [2.45, 2.75) is 66.3 Å². The fourth-order valence-corrected chi connectivity index (χ4v) is 2.20. The Kier molecular flexibility index (Phi) is 10.7. The van der Waals surface area contributed by atoms with Crippen molar-refractivity contribution in [1.29, 1.82) is 0 Å². The van der Waals surface area contributed by atoms with Crippen LogP contribution in [0.1, 0.15) is 60.8 Å². The molecule has 0 aliphatic rings. The van der Waals surface area contributed by atoms with E-state index in [1.54, 1.807) is 0 Å². The van der Waals surface area contributed by atoms with Gasteiger partial charge in [-0.15, -0.1) is 12.4 Å². The fourth-order valence-electron chi connectivity index (χ4n) is 2.20. The summed E-state index contributed by atoms with van der Waals surface area (Å²) in [5.74, 6) is 0.480. The maximum atomic E-state index is 12.0. The number of amides is 2. The Balaban J connectivity index is 0. The molecule has 1 atom stereocenters. The Morgan fingerprint density at radius 3 is 2.09 bits per heavy atom. The van der Waals surface area contributed by atoms with Crippen LogP contribution in [0.2, 0.25) is 0 Å². The molecule has 0 aliphatic heterocycles. The molecule has 0 aromatic carbocycles. The Bertz CT molecular complexity index is 354. The molecule has 0 heterocycles. The van der Waals surface area contributed by atoms with Gasteiger partial charge in [0, 0.05) is 30.5 Å². The number of nitrogens with two attached hydrogens (primary N) is 1. The van der Waals surface area contributed by atoms with E-state index < -0.39 is 5.41 Å². The van der Waals surface area contributed by atoms with Gasteiger partial charge in [0.25, 0.3) is 0 Å². The second kappa shape index (κ2) is 10.1. The largest absolute Gasteiger partial charge is 0.356 e. The summed E-state index contributed by atoms with van der Waals surface area (Å²) in [5, 5.41) is 5.86. The van der Waals surface area contributed by atoms with E-state index in [4.69, 9.17) is 5.73 Å². The first-order valence-corrected chi connectivity index (χ1v) is 7.79. The van der Waals surface area contributed by atoms with Crippen molar-refractivity contribution in [2.75, 3.05) is 13.1 Å². The van der Waals surface area contributed by atoms with Crippen LogP contribution in [0.15, 0.2) is 0 Å². The van der Waals surface area contributed by atoms with Gasteiger partial charge >= 0.3 is 0 Å². The van der Waals surface area contributed by atoms with E-state index in [9.17, 15) is 9.59 Å². The molecule has 22 heavy (non-hydrogen) atoms. The average Bonchev–Trinajstić information content (AvgIpc) is 2.32. The van der Waals surface area contributed by atoms with Crippen LogP contribution in [-0.2, 0) is 9.59 Å². The molecule has 2 amide bonds. The van der Waals surface area contributed by atoms with E-state index in [0.29, 0.717) is 31.8 Å². The first kappa shape index (κ1) is 23.5. The summed E-state index contributed by atoms with van der Waals surface area (Å²) in [6.45, 7) is 12.8. The first-order chi connectivity index (χ1) is 9.50. The summed E-state index contributed by atoms with van der Waals surface area (Å²) < 4.78 is 0. The first-order valence-electron chi connectivity index (χ1n) is 7.79. The predicted molar refractivity (Wildman–Crippen MR) is 94.0 cm³/mol. The molecule has 0 radical (unpaired) electrons. The van der Waals surface area contributed by atoms with Gasteiger partial charge in [0.2, 0.25) is 11.8 Å². The third-order valence-corrected chi connectivity index (χ3v) is 3.30. The zero-order valence-electron chi connectivity index (χ0n) is 14.9. The lowest BCUT2D eigenvalue weighted by Crippen LogP contribution is -2.52. The van der Waals surface area contributed by atoms with Crippen molar-refractivity contribution in [3.8, 4) is 0 Å². The normalized spacial score (nSPS) is 14.0. The molecule has 1 unspecified atom stereocenters. The molecule has 0 spiro atoms. The minimum atomic E-state index is -0.391. The highest BCUT2D eigenvalue weighted by Gasteiger charge is 2.25. The number of carbonyl (C=O) groups excluding carboxylic acids is 2. The quantitative estimate of drug-likeness (QED) is 0.595. The Morgan fingerprint density at radius 1 is 1.14 bits per heavy atom. The van der Waals surface area contributed by atoms with E-state index in [0.717, 1.165) is 6.42 Å². The predicted octanol–water partition coefficient (Wildman–Crippen LogP) is 2.23. The molecular weight excluding hydrogens is 302 g/mol. The van der Waals surface area contributed by atoms with Crippen LogP contribution in [0, 0.1) is 11.3 Å². The van der Waals surface area contributed by atoms with Crippen molar-refractivity contribution in [2.24, 2.45) is 17.1 Å². The van der Waals surface area contributed by atoms with Crippen LogP contribution in [0.3, 0.4) is 0 Å². The third kappa shape index (κ3) is 10.0. The number of halogens is 1. The van der Waals surface area contributed by atoms with Gasteiger partial charge in [-0.25, -0.2) is 0 Å². The highest BCUT2D eigenvalue weighted by atomic mass is 35.5. The highest BCUT2D eigenvalue weighted by molar-refractivity contribution is 5.85. The molecule has 0 rings (SSSR count). The molecule has 0 saturated carbocycles. The molecule has 6 heteroatoms. The van der Waals surface area contributed by atoms with Crippen LogP contribution in [-0.4, -0.2) is 30.4 Å². The van der Waals surface area contributed by atoms with Crippen molar-refractivity contribution in [1.82, 2.24) is 10.6 Å². The van der Waals surface area contributed by atoms with Crippen LogP contribution >= 0.6 is 12.4 Å². The lowest BCUT2D eigenvalue weighted by atomic mass is 9.90. The zero-order chi connectivity index (χ0) is 16.7. The molecule has 0 aromatic rings. The zero-order valence-corrected chi connectivity index (χ0v) is 15.7. The lowest BCUT2D eigenvalue weighted by molar-refractivity contribution is -0.129. The molecule has 0 aliphatic carbocycles. The topological polar surface area (TPSA) is 84.2 Å². The maximum Gasteiger partial charge on any atom is 0.225 e. The molecule has 0 fully saturated rings. The van der Waals surface area contributed by atoms with Crippen molar-refractivity contribution in [3.63, 3.8) is 0 Å². The van der Waals surface area contributed by atoms with Crippen LogP contribution in [0.25, 0.3) is 0 Å². The SMILES string of the molecule is CC(C)CC(C)(CN)NC(=O)CCCNC(=O)C(C)(C)C.Cl. The van der Waals surface area contributed by atoms with Gasteiger partial charge in [0.15, 0.2) is 0 Å². The number of hydrogen-bond acceptors (Lipinski definition) is 3. The number of rotatable bonds is 8. The maximum absolute atomic E-state index is 12.0. The summed E-state index contributed by atoms with van der Waals surface area (Å²) in [6, 6.07) is 0. The second-order valence-corrected chi connectivity index (χ2v) is 7.52. The van der Waals surface area contributed by atoms with Crippen LogP contribution in [0.5, 0.6) is 0 Å². The van der Waals surface area contributed by atoms with Crippen molar-refractivity contribution < 1.29 is 9.59 Å². The standard InChI is InChI=1S/C16H33N3O2.ClH/c1-12(2)10-16(6,11-17)19-13(20)8-7-9-18-14(21)15(3,4)5;/h12H,7-11,17H2,1-6H3,(H,18,21)(H,19,20);1H. The van der Waals surface area contributed by atoms with Gasteiger partial charge in [0.05, 0.1) is 0 Å². The van der Waals surface area contributed by atoms with Gasteiger partial charge in [-0.3, -0.25) is 9.59 Å². The van der Waals surface area contributed by atoms with Crippen molar-refractivity contribution in [3.05, 3.63) is 0 Å². The summed E-state index contributed by atoms with van der Waals surface area (Å²) in [6.07, 6.45) is 1.89. The van der Waals surface area contributed by atoms with Crippen LogP contribution in [0.4, 0.5) is 0 Å². The van der Waals surface area contributed by atoms with Crippen LogP contribution < -0.4 is 16.4 Å². The smallest absolute Gasteiger partial charge is 0.225 e. The van der Waals surface area contributed by atoms with E-state index in [-0.39, 0.29) is 29.8 Å². The Labute approximate surface area is 141 Å². The molecule has 0 bridgehead atoms.